The zero-order valence-corrected chi connectivity index (χ0v) is 13.8. The predicted molar refractivity (Wildman–Crippen MR) is 92.3 cm³/mol. The normalized spacial score (nSPS) is 18.8. The average Bonchev–Trinajstić information content (AvgIpc) is 2.97. The van der Waals surface area contributed by atoms with Crippen molar-refractivity contribution in [3.8, 4) is 6.07 Å². The number of rotatable bonds is 7. The smallest absolute Gasteiger partial charge is 0.111 e. The minimum absolute atomic E-state index is 0.124. The molecule has 0 aromatic heterocycles. The number of hydrogen-bond donors (Lipinski definition) is 0. The van der Waals surface area contributed by atoms with Gasteiger partial charge in [0.15, 0.2) is 0 Å². The standard InChI is InChI=1S/C18H23N2OP/c1-3-12-22(21,13-4-2)18-6-5-11-20(18)15-17-9-7-16(14-19)8-10-17/h3-4,7-10,18H,1-2,5-6,11-13,15H2. The number of nitrogens with zero attached hydrogens (tertiary/aromatic N) is 2. The molecule has 4 heteroatoms. The molecular weight excluding hydrogens is 291 g/mol. The van der Waals surface area contributed by atoms with Crippen LogP contribution in [0.25, 0.3) is 0 Å². The fourth-order valence-electron chi connectivity index (χ4n) is 3.20. The molecule has 1 saturated heterocycles. The van der Waals surface area contributed by atoms with E-state index in [1.54, 1.807) is 12.2 Å². The third kappa shape index (κ3) is 3.77. The summed E-state index contributed by atoms with van der Waals surface area (Å²) in [5.74, 6) is 0.124. The van der Waals surface area contributed by atoms with Gasteiger partial charge in [-0.3, -0.25) is 4.90 Å². The average molecular weight is 314 g/mol. The van der Waals surface area contributed by atoms with E-state index in [1.165, 1.54) is 0 Å². The van der Waals surface area contributed by atoms with E-state index in [1.807, 2.05) is 24.3 Å². The third-order valence-corrected chi connectivity index (χ3v) is 7.64. The molecule has 1 aromatic rings. The summed E-state index contributed by atoms with van der Waals surface area (Å²) in [5, 5.41) is 8.86. The van der Waals surface area contributed by atoms with Crippen LogP contribution in [-0.4, -0.2) is 29.6 Å². The molecule has 1 unspecified atom stereocenters. The van der Waals surface area contributed by atoms with Gasteiger partial charge in [-0.25, -0.2) is 0 Å². The lowest BCUT2D eigenvalue weighted by molar-refractivity contribution is 0.297. The highest BCUT2D eigenvalue weighted by Gasteiger charge is 2.38. The third-order valence-electron chi connectivity index (χ3n) is 4.22. The zero-order chi connectivity index (χ0) is 16.0. The van der Waals surface area contributed by atoms with E-state index in [0.29, 0.717) is 17.9 Å². The van der Waals surface area contributed by atoms with Gasteiger partial charge in [-0.2, -0.15) is 5.26 Å². The van der Waals surface area contributed by atoms with Crippen molar-refractivity contribution in [2.45, 2.75) is 25.2 Å². The Labute approximate surface area is 133 Å². The molecule has 3 nitrogen and oxygen atoms in total. The van der Waals surface area contributed by atoms with Gasteiger partial charge in [-0.05, 0) is 37.1 Å². The van der Waals surface area contributed by atoms with Crippen LogP contribution in [0.4, 0.5) is 0 Å². The summed E-state index contributed by atoms with van der Waals surface area (Å²) in [6, 6.07) is 9.79. The molecule has 1 aliphatic rings. The Morgan fingerprint density at radius 1 is 1.27 bits per heavy atom. The summed E-state index contributed by atoms with van der Waals surface area (Å²) in [5.41, 5.74) is 1.83. The minimum atomic E-state index is -2.34. The minimum Gasteiger partial charge on any atom is -0.321 e. The molecule has 0 radical (unpaired) electrons. The number of nitriles is 1. The second-order valence-corrected chi connectivity index (χ2v) is 9.03. The SMILES string of the molecule is C=CCP(=O)(CC=C)C1CCCN1Cc1ccc(C#N)cc1. The first-order chi connectivity index (χ1) is 10.6. The molecule has 0 amide bonds. The second-order valence-electron chi connectivity index (χ2n) is 5.80. The maximum Gasteiger partial charge on any atom is 0.111 e. The van der Waals surface area contributed by atoms with Gasteiger partial charge in [-0.15, -0.1) is 13.2 Å². The number of likely N-dealkylation sites (tertiary alicyclic amines) is 1. The van der Waals surface area contributed by atoms with E-state index in [2.05, 4.69) is 24.1 Å². The molecule has 116 valence electrons. The van der Waals surface area contributed by atoms with Crippen LogP contribution >= 0.6 is 7.14 Å². The van der Waals surface area contributed by atoms with Gasteiger partial charge in [0.2, 0.25) is 0 Å². The van der Waals surface area contributed by atoms with E-state index in [-0.39, 0.29) is 5.78 Å². The quantitative estimate of drug-likeness (QED) is 0.559. The largest absolute Gasteiger partial charge is 0.321 e. The van der Waals surface area contributed by atoms with Crippen molar-refractivity contribution < 1.29 is 4.57 Å². The highest BCUT2D eigenvalue weighted by Crippen LogP contribution is 2.55. The van der Waals surface area contributed by atoms with Crippen LogP contribution in [0.15, 0.2) is 49.6 Å². The van der Waals surface area contributed by atoms with Crippen molar-refractivity contribution in [1.82, 2.24) is 4.90 Å². The van der Waals surface area contributed by atoms with Crippen molar-refractivity contribution >= 4 is 7.14 Å². The lowest BCUT2D eigenvalue weighted by atomic mass is 10.1. The molecule has 2 rings (SSSR count). The van der Waals surface area contributed by atoms with Gasteiger partial charge < -0.3 is 4.57 Å². The van der Waals surface area contributed by atoms with E-state index >= 15 is 0 Å². The first-order valence-corrected chi connectivity index (χ1v) is 9.80. The molecule has 0 spiro atoms. The lowest BCUT2D eigenvalue weighted by Gasteiger charge is -2.31. The number of allylic oxidation sites excluding steroid dienone is 2. The summed E-state index contributed by atoms with van der Waals surface area (Å²) in [4.78, 5) is 2.33. The van der Waals surface area contributed by atoms with Gasteiger partial charge in [0.1, 0.15) is 7.14 Å². The fourth-order valence-corrected chi connectivity index (χ4v) is 6.16. The van der Waals surface area contributed by atoms with Gasteiger partial charge in [0.25, 0.3) is 0 Å². The van der Waals surface area contributed by atoms with Gasteiger partial charge in [0, 0.05) is 18.9 Å². The predicted octanol–water partition coefficient (Wildman–Crippen LogP) is 4.22. The van der Waals surface area contributed by atoms with E-state index in [9.17, 15) is 4.57 Å². The summed E-state index contributed by atoms with van der Waals surface area (Å²) >= 11 is 0. The van der Waals surface area contributed by atoms with E-state index < -0.39 is 7.14 Å². The van der Waals surface area contributed by atoms with Gasteiger partial charge in [0.05, 0.1) is 17.4 Å². The summed E-state index contributed by atoms with van der Waals surface area (Å²) in [6.07, 6.45) is 6.78. The van der Waals surface area contributed by atoms with Crippen LogP contribution in [0.3, 0.4) is 0 Å². The molecule has 1 aromatic carbocycles. The Kier molecular flexibility index (Phi) is 5.77. The van der Waals surface area contributed by atoms with Crippen molar-refractivity contribution in [1.29, 1.82) is 5.26 Å². The van der Waals surface area contributed by atoms with Crippen molar-refractivity contribution in [3.05, 3.63) is 60.7 Å². The maximum atomic E-state index is 13.3. The molecule has 22 heavy (non-hydrogen) atoms. The van der Waals surface area contributed by atoms with Crippen molar-refractivity contribution in [2.24, 2.45) is 0 Å². The molecule has 0 N–H and O–H groups in total. The topological polar surface area (TPSA) is 44.1 Å². The summed E-state index contributed by atoms with van der Waals surface area (Å²) in [6.45, 7) is 9.31. The Morgan fingerprint density at radius 3 is 2.45 bits per heavy atom. The molecule has 1 atom stereocenters. The van der Waals surface area contributed by atoms with Gasteiger partial charge in [-0.1, -0.05) is 24.3 Å². The van der Waals surface area contributed by atoms with Crippen LogP contribution < -0.4 is 0 Å². The van der Waals surface area contributed by atoms with E-state index in [0.717, 1.165) is 31.5 Å². The second kappa shape index (κ2) is 7.58. The van der Waals surface area contributed by atoms with Gasteiger partial charge >= 0.3 is 0 Å². The highest BCUT2D eigenvalue weighted by atomic mass is 31.2. The molecular formula is C18H23N2OP. The van der Waals surface area contributed by atoms with Crippen molar-refractivity contribution in [2.75, 3.05) is 18.9 Å². The Hall–Kier alpha value is -1.62. The first kappa shape index (κ1) is 16.7. The molecule has 1 heterocycles. The molecule has 1 fully saturated rings. The zero-order valence-electron chi connectivity index (χ0n) is 12.9. The molecule has 0 bridgehead atoms. The van der Waals surface area contributed by atoms with Crippen LogP contribution in [-0.2, 0) is 11.1 Å². The van der Waals surface area contributed by atoms with Crippen LogP contribution in [0.1, 0.15) is 24.0 Å². The number of benzene rings is 1. The molecule has 0 saturated carbocycles. The Balaban J connectivity index is 2.15. The molecule has 0 aliphatic carbocycles. The van der Waals surface area contributed by atoms with Crippen LogP contribution in [0.5, 0.6) is 0 Å². The molecule has 1 aliphatic heterocycles. The monoisotopic (exact) mass is 314 g/mol. The lowest BCUT2D eigenvalue weighted by Crippen LogP contribution is -2.30. The van der Waals surface area contributed by atoms with E-state index in [4.69, 9.17) is 5.26 Å². The maximum absolute atomic E-state index is 13.3. The summed E-state index contributed by atoms with van der Waals surface area (Å²) < 4.78 is 13.3. The highest BCUT2D eigenvalue weighted by molar-refractivity contribution is 7.65. The summed E-state index contributed by atoms with van der Waals surface area (Å²) in [7, 11) is -2.34. The fraction of sp³-hybridized carbons (Fsp3) is 0.389. The van der Waals surface area contributed by atoms with Crippen molar-refractivity contribution in [3.63, 3.8) is 0 Å². The first-order valence-electron chi connectivity index (χ1n) is 7.65. The number of hydrogen-bond acceptors (Lipinski definition) is 3. The van der Waals surface area contributed by atoms with Crippen LogP contribution in [0.2, 0.25) is 0 Å². The van der Waals surface area contributed by atoms with Crippen LogP contribution in [0, 0.1) is 11.3 Å². The Bertz CT molecular complexity index is 601. The Morgan fingerprint density at radius 2 is 1.91 bits per heavy atom.